The zero-order valence-electron chi connectivity index (χ0n) is 17.0. The molecule has 0 bridgehead atoms. The molecule has 1 saturated heterocycles. The predicted octanol–water partition coefficient (Wildman–Crippen LogP) is 2.56. The molecule has 1 amide bonds. The van der Waals surface area contributed by atoms with E-state index in [1.165, 1.54) is 23.7 Å². The zero-order chi connectivity index (χ0) is 21.5. The molecular weight excluding hydrogens is 390 g/mol. The number of rotatable bonds is 6. The molecule has 1 fully saturated rings. The molecule has 0 radical (unpaired) electrons. The van der Waals surface area contributed by atoms with Crippen molar-refractivity contribution >= 4 is 11.9 Å². The highest BCUT2D eigenvalue weighted by molar-refractivity contribution is 5.97. The molecule has 2 aromatic carbocycles. The summed E-state index contributed by atoms with van der Waals surface area (Å²) in [7, 11) is 0. The SMILES string of the molecule is N#C/C(=C/Nc1ncn[nH]1)C(=O)N1CCN(C(c2ccccc2)c2ccccc2)CC1. The maximum absolute atomic E-state index is 12.8. The van der Waals surface area contributed by atoms with Crippen LogP contribution in [-0.2, 0) is 4.79 Å². The summed E-state index contributed by atoms with van der Waals surface area (Å²) < 4.78 is 0. The minimum absolute atomic E-state index is 0.0347. The van der Waals surface area contributed by atoms with Crippen molar-refractivity contribution in [3.63, 3.8) is 0 Å². The Kier molecular flexibility index (Phi) is 6.35. The number of aromatic amines is 1. The van der Waals surface area contributed by atoms with Gasteiger partial charge in [-0.25, -0.2) is 5.10 Å². The molecular formula is C23H23N7O. The largest absolute Gasteiger partial charge is 0.335 e. The van der Waals surface area contributed by atoms with Crippen molar-refractivity contribution in [1.29, 1.82) is 5.26 Å². The number of anilines is 1. The van der Waals surface area contributed by atoms with Crippen LogP contribution in [0.2, 0.25) is 0 Å². The van der Waals surface area contributed by atoms with Crippen LogP contribution in [0.4, 0.5) is 5.95 Å². The number of nitrogens with zero attached hydrogens (tertiary/aromatic N) is 5. The van der Waals surface area contributed by atoms with E-state index in [1.807, 2.05) is 18.2 Å². The van der Waals surface area contributed by atoms with Gasteiger partial charge in [0.1, 0.15) is 18.0 Å². The Hall–Kier alpha value is -3.96. The second-order valence-corrected chi connectivity index (χ2v) is 7.20. The van der Waals surface area contributed by atoms with Crippen molar-refractivity contribution in [3.05, 3.63) is 89.9 Å². The number of hydrogen-bond donors (Lipinski definition) is 2. The molecule has 1 aliphatic heterocycles. The number of carbonyl (C=O) groups is 1. The summed E-state index contributed by atoms with van der Waals surface area (Å²) in [6, 6.07) is 22.9. The van der Waals surface area contributed by atoms with Crippen LogP contribution in [0.25, 0.3) is 0 Å². The second-order valence-electron chi connectivity index (χ2n) is 7.20. The third-order valence-corrected chi connectivity index (χ3v) is 5.32. The van der Waals surface area contributed by atoms with Crippen LogP contribution in [0, 0.1) is 11.3 Å². The lowest BCUT2D eigenvalue weighted by Gasteiger charge is -2.39. The highest BCUT2D eigenvalue weighted by Crippen LogP contribution is 2.29. The Morgan fingerprint density at radius 3 is 2.16 bits per heavy atom. The number of hydrogen-bond acceptors (Lipinski definition) is 6. The Balaban J connectivity index is 1.45. The topological polar surface area (TPSA) is 101 Å². The van der Waals surface area contributed by atoms with Gasteiger partial charge in [0.2, 0.25) is 5.95 Å². The highest BCUT2D eigenvalue weighted by Gasteiger charge is 2.29. The molecule has 0 saturated carbocycles. The fourth-order valence-electron chi connectivity index (χ4n) is 3.80. The molecule has 0 atom stereocenters. The number of benzene rings is 2. The van der Waals surface area contributed by atoms with Crippen LogP contribution in [0.3, 0.4) is 0 Å². The smallest absolute Gasteiger partial charge is 0.266 e. The lowest BCUT2D eigenvalue weighted by molar-refractivity contribution is -0.128. The van der Waals surface area contributed by atoms with Crippen molar-refractivity contribution in [3.8, 4) is 6.07 Å². The standard InChI is InChI=1S/C23H23N7O/c24-15-20(16-25-23-26-17-27-28-23)22(31)30-13-11-29(12-14-30)21(18-7-3-1-4-8-18)19-9-5-2-6-10-19/h1-10,16-17,21H,11-14H2,(H2,25,26,27,28)/b20-16-. The second kappa shape index (κ2) is 9.69. The first-order chi connectivity index (χ1) is 15.3. The minimum Gasteiger partial charge on any atom is -0.335 e. The zero-order valence-corrected chi connectivity index (χ0v) is 17.0. The highest BCUT2D eigenvalue weighted by atomic mass is 16.2. The van der Waals surface area contributed by atoms with E-state index < -0.39 is 0 Å². The van der Waals surface area contributed by atoms with E-state index in [2.05, 4.69) is 73.9 Å². The summed E-state index contributed by atoms with van der Waals surface area (Å²) in [6.07, 6.45) is 2.71. The van der Waals surface area contributed by atoms with Crippen molar-refractivity contribution in [2.75, 3.05) is 31.5 Å². The van der Waals surface area contributed by atoms with Gasteiger partial charge in [0.05, 0.1) is 6.04 Å². The van der Waals surface area contributed by atoms with Crippen LogP contribution in [0.5, 0.6) is 0 Å². The van der Waals surface area contributed by atoms with Crippen LogP contribution < -0.4 is 5.32 Å². The van der Waals surface area contributed by atoms with Gasteiger partial charge in [0.25, 0.3) is 5.91 Å². The molecule has 1 aromatic heterocycles. The van der Waals surface area contributed by atoms with Crippen molar-refractivity contribution in [2.45, 2.75) is 6.04 Å². The Labute approximate surface area is 180 Å². The summed E-state index contributed by atoms with van der Waals surface area (Å²) in [5.74, 6) is 0.0871. The van der Waals surface area contributed by atoms with Gasteiger partial charge in [-0.3, -0.25) is 9.69 Å². The van der Waals surface area contributed by atoms with E-state index >= 15 is 0 Å². The predicted molar refractivity (Wildman–Crippen MR) is 117 cm³/mol. The molecule has 2 N–H and O–H groups in total. The fourth-order valence-corrected chi connectivity index (χ4v) is 3.80. The molecule has 8 nitrogen and oxygen atoms in total. The van der Waals surface area contributed by atoms with E-state index in [0.29, 0.717) is 32.1 Å². The Bertz CT molecular complexity index is 1010. The first-order valence-electron chi connectivity index (χ1n) is 10.1. The van der Waals surface area contributed by atoms with Crippen LogP contribution in [0.15, 0.2) is 78.8 Å². The summed E-state index contributed by atoms with van der Waals surface area (Å²) >= 11 is 0. The van der Waals surface area contributed by atoms with Crippen LogP contribution >= 0.6 is 0 Å². The van der Waals surface area contributed by atoms with E-state index in [1.54, 1.807) is 4.90 Å². The van der Waals surface area contributed by atoms with Gasteiger partial charge in [-0.2, -0.15) is 15.3 Å². The minimum atomic E-state index is -0.287. The van der Waals surface area contributed by atoms with Gasteiger partial charge in [0, 0.05) is 32.4 Å². The molecule has 8 heteroatoms. The number of H-pyrrole nitrogens is 1. The number of nitrogens with one attached hydrogen (secondary N) is 2. The normalized spacial score (nSPS) is 15.0. The maximum atomic E-state index is 12.8. The monoisotopic (exact) mass is 413 g/mol. The maximum Gasteiger partial charge on any atom is 0.266 e. The molecule has 1 aliphatic rings. The summed E-state index contributed by atoms with van der Waals surface area (Å²) in [6.45, 7) is 2.54. The number of piperazine rings is 1. The first kappa shape index (κ1) is 20.3. The van der Waals surface area contributed by atoms with Gasteiger partial charge in [0.15, 0.2) is 0 Å². The van der Waals surface area contributed by atoms with Crippen LogP contribution in [-0.4, -0.2) is 57.1 Å². The molecule has 156 valence electrons. The van der Waals surface area contributed by atoms with E-state index in [4.69, 9.17) is 0 Å². The summed E-state index contributed by atoms with van der Waals surface area (Å²) in [5, 5.41) is 18.6. The summed E-state index contributed by atoms with van der Waals surface area (Å²) in [4.78, 5) is 20.9. The lowest BCUT2D eigenvalue weighted by Crippen LogP contribution is -2.50. The van der Waals surface area contributed by atoms with Crippen molar-refractivity contribution in [2.24, 2.45) is 0 Å². The third kappa shape index (κ3) is 4.79. The van der Waals surface area contributed by atoms with Gasteiger partial charge in [-0.1, -0.05) is 60.7 Å². The molecule has 3 aromatic rings. The number of aromatic nitrogens is 3. The van der Waals surface area contributed by atoms with E-state index in [9.17, 15) is 10.1 Å². The van der Waals surface area contributed by atoms with Crippen molar-refractivity contribution < 1.29 is 4.79 Å². The number of nitriles is 1. The third-order valence-electron chi connectivity index (χ3n) is 5.32. The van der Waals surface area contributed by atoms with E-state index in [-0.39, 0.29) is 17.5 Å². The number of amides is 1. The van der Waals surface area contributed by atoms with Gasteiger partial charge in [-0.05, 0) is 11.1 Å². The average Bonchev–Trinajstić information content (AvgIpc) is 3.35. The van der Waals surface area contributed by atoms with Crippen LogP contribution in [0.1, 0.15) is 17.2 Å². The molecule has 0 unspecified atom stereocenters. The Morgan fingerprint density at radius 1 is 1.03 bits per heavy atom. The van der Waals surface area contributed by atoms with E-state index in [0.717, 1.165) is 0 Å². The molecule has 0 spiro atoms. The quantitative estimate of drug-likeness (QED) is 0.476. The first-order valence-corrected chi connectivity index (χ1v) is 10.1. The summed E-state index contributed by atoms with van der Waals surface area (Å²) in [5.41, 5.74) is 2.48. The Morgan fingerprint density at radius 2 is 1.65 bits per heavy atom. The molecule has 31 heavy (non-hydrogen) atoms. The van der Waals surface area contributed by atoms with Gasteiger partial charge < -0.3 is 10.2 Å². The lowest BCUT2D eigenvalue weighted by atomic mass is 9.96. The molecule has 0 aliphatic carbocycles. The average molecular weight is 413 g/mol. The number of carbonyl (C=O) groups excluding carboxylic acids is 1. The van der Waals surface area contributed by atoms with Crippen molar-refractivity contribution in [1.82, 2.24) is 25.0 Å². The van der Waals surface area contributed by atoms with Gasteiger partial charge >= 0.3 is 0 Å². The van der Waals surface area contributed by atoms with Gasteiger partial charge in [-0.15, -0.1) is 0 Å². The molecule has 4 rings (SSSR count). The molecule has 2 heterocycles. The fraction of sp³-hybridized carbons (Fsp3) is 0.217.